The van der Waals surface area contributed by atoms with E-state index in [9.17, 15) is 14.0 Å². The van der Waals surface area contributed by atoms with Crippen molar-refractivity contribution in [1.29, 1.82) is 0 Å². The van der Waals surface area contributed by atoms with Crippen molar-refractivity contribution in [2.24, 2.45) is 11.8 Å². The largest absolute Gasteiger partial charge is 0.360 e. The van der Waals surface area contributed by atoms with Gasteiger partial charge < -0.3 is 9.78 Å². The SMILES string of the molecule is CC.CCC(C)C(C)=O.CCC(C)CCC(C)=O.Cc1ccc(-c2c[nH]c3cc(F)ccc23)cc1C. The molecule has 2 atom stereocenters. The lowest BCUT2D eigenvalue weighted by molar-refractivity contribution is -0.120. The summed E-state index contributed by atoms with van der Waals surface area (Å²) in [7, 11) is 0. The number of rotatable bonds is 7. The number of aryl methyl sites for hydroxylation is 2. The summed E-state index contributed by atoms with van der Waals surface area (Å²) in [4.78, 5) is 24.0. The Morgan fingerprint density at radius 1 is 0.917 bits per heavy atom. The number of carbonyl (C=O) groups excluding carboxylic acids is 2. The molecule has 1 aromatic heterocycles. The number of carbonyl (C=O) groups is 2. The maximum atomic E-state index is 13.1. The second kappa shape index (κ2) is 17.6. The molecule has 0 aliphatic rings. The van der Waals surface area contributed by atoms with Gasteiger partial charge in [0.15, 0.2) is 0 Å². The fourth-order valence-corrected chi connectivity index (χ4v) is 3.19. The maximum absolute atomic E-state index is 13.1. The highest BCUT2D eigenvalue weighted by atomic mass is 19.1. The van der Waals surface area contributed by atoms with Crippen LogP contribution in [0.2, 0.25) is 0 Å². The fraction of sp³-hybridized carbons (Fsp3) is 0.500. The van der Waals surface area contributed by atoms with E-state index in [1.807, 2.05) is 40.0 Å². The predicted molar refractivity (Wildman–Crippen MR) is 154 cm³/mol. The average molecular weight is 498 g/mol. The van der Waals surface area contributed by atoms with Crippen LogP contribution < -0.4 is 0 Å². The van der Waals surface area contributed by atoms with Gasteiger partial charge in [0.25, 0.3) is 0 Å². The van der Waals surface area contributed by atoms with Gasteiger partial charge in [-0.05, 0) is 81.3 Å². The molecule has 0 fully saturated rings. The maximum Gasteiger partial charge on any atom is 0.132 e. The number of halogens is 1. The molecule has 0 saturated carbocycles. The molecule has 0 aliphatic heterocycles. The second-order valence-corrected chi connectivity index (χ2v) is 9.37. The van der Waals surface area contributed by atoms with Crippen LogP contribution in [0, 0.1) is 31.5 Å². The van der Waals surface area contributed by atoms with E-state index in [4.69, 9.17) is 0 Å². The van der Waals surface area contributed by atoms with Crippen LogP contribution in [-0.2, 0) is 9.59 Å². The van der Waals surface area contributed by atoms with Crippen molar-refractivity contribution in [3.05, 3.63) is 59.5 Å². The minimum absolute atomic E-state index is 0.212. The van der Waals surface area contributed by atoms with Crippen LogP contribution in [0.1, 0.15) is 92.2 Å². The number of H-pyrrole nitrogens is 1. The van der Waals surface area contributed by atoms with Crippen molar-refractivity contribution in [3.63, 3.8) is 0 Å². The molecule has 3 aromatic rings. The summed E-state index contributed by atoms with van der Waals surface area (Å²) in [5, 5.41) is 1.06. The van der Waals surface area contributed by atoms with Gasteiger partial charge in [0, 0.05) is 35.0 Å². The van der Waals surface area contributed by atoms with Crippen LogP contribution in [-0.4, -0.2) is 16.6 Å². The van der Waals surface area contributed by atoms with Crippen LogP contribution in [0.3, 0.4) is 0 Å². The number of Topliss-reactive ketones (excluding diaryl/α,β-unsaturated/α-hetero) is 2. The summed E-state index contributed by atoms with van der Waals surface area (Å²) in [5.74, 6) is 1.38. The smallest absolute Gasteiger partial charge is 0.132 e. The van der Waals surface area contributed by atoms with Crippen LogP contribution >= 0.6 is 0 Å². The van der Waals surface area contributed by atoms with E-state index in [2.05, 4.69) is 50.9 Å². The quantitative estimate of drug-likeness (QED) is 0.353. The van der Waals surface area contributed by atoms with E-state index in [-0.39, 0.29) is 11.7 Å². The average Bonchev–Trinajstić information content (AvgIpc) is 3.28. The summed E-state index contributed by atoms with van der Waals surface area (Å²) in [5.41, 5.74) is 5.67. The Balaban J connectivity index is 0.000000575. The number of nitrogens with one attached hydrogen (secondary N) is 1. The standard InChI is InChI=1S/C16H14FN.C8H16O.C6H12O.C2H6/c1-10-3-4-12(7-11(10)2)15-9-18-16-8-13(17)5-6-14(15)16;1-4-7(2)5-6-8(3)9;1-4-5(2)6(3)7;1-2/h3-9,18H,1-2H3;7H,4-6H2,1-3H3;5H,4H2,1-3H3;1-2H3. The molecule has 4 heteroatoms. The molecule has 0 aliphatic carbocycles. The first-order chi connectivity index (χ1) is 17.0. The number of fused-ring (bicyclic) bond motifs is 1. The zero-order valence-corrected chi connectivity index (χ0v) is 24.2. The van der Waals surface area contributed by atoms with E-state index < -0.39 is 0 Å². The molecule has 36 heavy (non-hydrogen) atoms. The Bertz CT molecular complexity index is 1070. The molecule has 2 unspecified atom stereocenters. The summed E-state index contributed by atoms with van der Waals surface area (Å²) in [6, 6.07) is 11.2. The van der Waals surface area contributed by atoms with E-state index in [0.29, 0.717) is 17.5 Å². The van der Waals surface area contributed by atoms with Crippen molar-refractivity contribution in [2.75, 3.05) is 0 Å². The topological polar surface area (TPSA) is 49.9 Å². The van der Waals surface area contributed by atoms with Gasteiger partial charge in [0.1, 0.15) is 17.4 Å². The molecule has 0 saturated heterocycles. The molecule has 0 spiro atoms. The van der Waals surface area contributed by atoms with Crippen LogP contribution in [0.4, 0.5) is 4.39 Å². The molecule has 0 amide bonds. The lowest BCUT2D eigenvalue weighted by Gasteiger charge is -2.04. The van der Waals surface area contributed by atoms with Gasteiger partial charge in [-0.1, -0.05) is 66.2 Å². The zero-order chi connectivity index (χ0) is 27.8. The fourth-order valence-electron chi connectivity index (χ4n) is 3.19. The van der Waals surface area contributed by atoms with Gasteiger partial charge in [0.05, 0.1) is 0 Å². The van der Waals surface area contributed by atoms with Crippen molar-refractivity contribution in [3.8, 4) is 11.1 Å². The van der Waals surface area contributed by atoms with E-state index in [1.54, 1.807) is 13.8 Å². The number of hydrogen-bond donors (Lipinski definition) is 1. The molecule has 2 aromatic carbocycles. The predicted octanol–water partition coefficient (Wildman–Crippen LogP) is 9.64. The third-order valence-corrected chi connectivity index (χ3v) is 6.45. The minimum atomic E-state index is -0.212. The van der Waals surface area contributed by atoms with E-state index >= 15 is 0 Å². The second-order valence-electron chi connectivity index (χ2n) is 9.37. The monoisotopic (exact) mass is 497 g/mol. The number of hydrogen-bond acceptors (Lipinski definition) is 2. The van der Waals surface area contributed by atoms with Crippen molar-refractivity contribution < 1.29 is 14.0 Å². The van der Waals surface area contributed by atoms with Crippen LogP contribution in [0.5, 0.6) is 0 Å². The van der Waals surface area contributed by atoms with Gasteiger partial charge in [-0.2, -0.15) is 0 Å². The number of benzene rings is 2. The van der Waals surface area contributed by atoms with Crippen LogP contribution in [0.15, 0.2) is 42.6 Å². The number of aromatic nitrogens is 1. The first kappa shape index (κ1) is 33.2. The van der Waals surface area contributed by atoms with Gasteiger partial charge in [0.2, 0.25) is 0 Å². The lowest BCUT2D eigenvalue weighted by Crippen LogP contribution is -2.03. The van der Waals surface area contributed by atoms with Crippen molar-refractivity contribution in [1.82, 2.24) is 4.98 Å². The molecular weight excluding hydrogens is 449 g/mol. The van der Waals surface area contributed by atoms with Gasteiger partial charge >= 0.3 is 0 Å². The van der Waals surface area contributed by atoms with Gasteiger partial charge in [-0.25, -0.2) is 4.39 Å². The molecule has 0 radical (unpaired) electrons. The van der Waals surface area contributed by atoms with Gasteiger partial charge in [-0.15, -0.1) is 0 Å². The van der Waals surface area contributed by atoms with Crippen LogP contribution in [0.25, 0.3) is 22.0 Å². The summed E-state index contributed by atoms with van der Waals surface area (Å²) in [6.45, 7) is 19.8. The Labute approximate surface area is 218 Å². The molecule has 3 nitrogen and oxygen atoms in total. The molecular formula is C32H48FNO2. The number of ketones is 2. The van der Waals surface area contributed by atoms with Crippen molar-refractivity contribution >= 4 is 22.5 Å². The van der Waals surface area contributed by atoms with Gasteiger partial charge in [-0.3, -0.25) is 4.79 Å². The summed E-state index contributed by atoms with van der Waals surface area (Å²) in [6.07, 6.45) is 5.91. The third-order valence-electron chi connectivity index (χ3n) is 6.45. The first-order valence-electron chi connectivity index (χ1n) is 13.3. The highest BCUT2D eigenvalue weighted by Crippen LogP contribution is 2.30. The lowest BCUT2D eigenvalue weighted by atomic mass is 10.0. The number of aromatic amines is 1. The molecule has 1 heterocycles. The summed E-state index contributed by atoms with van der Waals surface area (Å²) >= 11 is 0. The Morgan fingerprint density at radius 2 is 1.56 bits per heavy atom. The Morgan fingerprint density at radius 3 is 2.03 bits per heavy atom. The van der Waals surface area contributed by atoms with E-state index in [1.165, 1.54) is 29.7 Å². The highest BCUT2D eigenvalue weighted by Gasteiger charge is 2.07. The first-order valence-corrected chi connectivity index (χ1v) is 13.3. The minimum Gasteiger partial charge on any atom is -0.360 e. The molecule has 3 rings (SSSR count). The molecule has 200 valence electrons. The normalized spacial score (nSPS) is 11.6. The zero-order valence-electron chi connectivity index (χ0n) is 24.2. The highest BCUT2D eigenvalue weighted by molar-refractivity contribution is 5.95. The van der Waals surface area contributed by atoms with E-state index in [0.717, 1.165) is 41.3 Å². The third kappa shape index (κ3) is 11.8. The summed E-state index contributed by atoms with van der Waals surface area (Å²) < 4.78 is 13.1. The Hall–Kier alpha value is -2.75. The molecule has 0 bridgehead atoms. The molecule has 1 N–H and O–H groups in total. The Kier molecular flexibility index (Phi) is 16.3. The van der Waals surface area contributed by atoms with Crippen molar-refractivity contribution in [2.45, 2.75) is 94.9 Å².